The first kappa shape index (κ1) is 32.1. The zero-order valence-corrected chi connectivity index (χ0v) is 22.3. The first-order chi connectivity index (χ1) is 21.1. The SMILES string of the molecule is O=C(OCC1OC(O)C(OC(=O)c2cc(O)c(O)c(O)c2)C(OC(=O)c2cc(O)c(O)c(O)c2)C1O)c1cc(O)c(O)c(O)c1. The maximum absolute atomic E-state index is 12.9. The summed E-state index contributed by atoms with van der Waals surface area (Å²) in [5, 5.41) is 108. The van der Waals surface area contributed by atoms with Crippen molar-refractivity contribution in [2.75, 3.05) is 6.61 Å². The van der Waals surface area contributed by atoms with Crippen LogP contribution in [-0.2, 0) is 18.9 Å². The highest BCUT2D eigenvalue weighted by Crippen LogP contribution is 2.38. The van der Waals surface area contributed by atoms with Gasteiger partial charge < -0.3 is 75.1 Å². The van der Waals surface area contributed by atoms with E-state index in [9.17, 15) is 70.6 Å². The number of aliphatic hydroxyl groups is 2. The summed E-state index contributed by atoms with van der Waals surface area (Å²) in [6, 6.07) is 4.18. The Labute approximate surface area is 249 Å². The zero-order valence-electron chi connectivity index (χ0n) is 22.3. The molecule has 1 saturated heterocycles. The van der Waals surface area contributed by atoms with Gasteiger partial charge in [0, 0.05) is 0 Å². The third-order valence-electron chi connectivity index (χ3n) is 6.42. The van der Waals surface area contributed by atoms with Crippen LogP contribution in [0.15, 0.2) is 36.4 Å². The van der Waals surface area contributed by atoms with E-state index in [1.807, 2.05) is 0 Å². The van der Waals surface area contributed by atoms with E-state index in [-0.39, 0.29) is 0 Å². The standard InChI is InChI=1S/C27H24O18/c28-11-1-8(2-12(29)18(11)34)24(38)42-7-17-21(37)22(44-25(39)9-3-13(30)19(35)14(31)4-9)23(27(41)43-17)45-26(40)10-5-15(32)20(36)16(33)6-10/h1-6,17,21-23,27-37,41H,7H2. The molecule has 5 unspecified atom stereocenters. The van der Waals surface area contributed by atoms with E-state index in [0.29, 0.717) is 24.3 Å². The molecule has 0 saturated carbocycles. The quantitative estimate of drug-likeness (QED) is 0.0902. The van der Waals surface area contributed by atoms with Gasteiger partial charge in [-0.15, -0.1) is 0 Å². The molecule has 3 aromatic carbocycles. The number of hydrogen-bond donors (Lipinski definition) is 11. The van der Waals surface area contributed by atoms with Crippen LogP contribution in [-0.4, -0.2) is 111 Å². The number of aromatic hydroxyl groups is 9. The smallest absolute Gasteiger partial charge is 0.339 e. The van der Waals surface area contributed by atoms with Crippen molar-refractivity contribution in [2.24, 2.45) is 0 Å². The second-order valence-corrected chi connectivity index (χ2v) is 9.48. The Bertz CT molecular complexity index is 1580. The van der Waals surface area contributed by atoms with Gasteiger partial charge in [0.2, 0.25) is 0 Å². The molecule has 240 valence electrons. The lowest BCUT2D eigenvalue weighted by Gasteiger charge is -2.41. The molecule has 0 spiro atoms. The van der Waals surface area contributed by atoms with Gasteiger partial charge in [0.1, 0.15) is 18.8 Å². The lowest BCUT2D eigenvalue weighted by Crippen LogP contribution is -2.61. The Morgan fingerprint density at radius 2 is 0.889 bits per heavy atom. The average molecular weight is 636 g/mol. The molecule has 0 radical (unpaired) electrons. The topological polar surface area (TPSA) is 311 Å². The van der Waals surface area contributed by atoms with E-state index in [1.165, 1.54) is 0 Å². The lowest BCUT2D eigenvalue weighted by atomic mass is 9.98. The Kier molecular flexibility index (Phi) is 8.84. The van der Waals surface area contributed by atoms with Gasteiger partial charge in [-0.05, 0) is 36.4 Å². The second kappa shape index (κ2) is 12.4. The highest BCUT2D eigenvalue weighted by Gasteiger charge is 2.50. The molecule has 5 atom stereocenters. The molecule has 3 aromatic rings. The van der Waals surface area contributed by atoms with Crippen molar-refractivity contribution in [3.05, 3.63) is 53.1 Å². The van der Waals surface area contributed by atoms with Gasteiger partial charge in [0.25, 0.3) is 0 Å². The van der Waals surface area contributed by atoms with Crippen molar-refractivity contribution in [2.45, 2.75) is 30.7 Å². The Morgan fingerprint density at radius 1 is 0.556 bits per heavy atom. The van der Waals surface area contributed by atoms with Gasteiger partial charge >= 0.3 is 17.9 Å². The van der Waals surface area contributed by atoms with Crippen LogP contribution in [0.4, 0.5) is 0 Å². The monoisotopic (exact) mass is 636 g/mol. The first-order valence-electron chi connectivity index (χ1n) is 12.4. The van der Waals surface area contributed by atoms with Gasteiger partial charge in [-0.25, -0.2) is 14.4 Å². The Morgan fingerprint density at radius 3 is 1.27 bits per heavy atom. The predicted octanol–water partition coefficient (Wildman–Crippen LogP) is -0.277. The van der Waals surface area contributed by atoms with Gasteiger partial charge in [0.15, 0.2) is 70.2 Å². The van der Waals surface area contributed by atoms with Crippen LogP contribution in [0, 0.1) is 0 Å². The van der Waals surface area contributed by atoms with E-state index in [4.69, 9.17) is 18.9 Å². The number of carbonyl (C=O) groups is 3. The van der Waals surface area contributed by atoms with E-state index in [2.05, 4.69) is 0 Å². The van der Waals surface area contributed by atoms with Gasteiger partial charge in [-0.3, -0.25) is 0 Å². The Balaban J connectivity index is 1.60. The fraction of sp³-hybridized carbons (Fsp3) is 0.222. The second-order valence-electron chi connectivity index (χ2n) is 9.48. The summed E-state index contributed by atoms with van der Waals surface area (Å²) in [7, 11) is 0. The summed E-state index contributed by atoms with van der Waals surface area (Å²) >= 11 is 0. The van der Waals surface area contributed by atoms with Crippen molar-refractivity contribution in [3.8, 4) is 51.7 Å². The molecule has 0 amide bonds. The fourth-order valence-electron chi connectivity index (χ4n) is 4.10. The molecule has 1 aliphatic rings. The first-order valence-corrected chi connectivity index (χ1v) is 12.4. The van der Waals surface area contributed by atoms with E-state index < -0.39 is 124 Å². The largest absolute Gasteiger partial charge is 0.504 e. The minimum absolute atomic E-state index is 0.462. The number of esters is 3. The van der Waals surface area contributed by atoms with Crippen LogP contribution in [0.2, 0.25) is 0 Å². The van der Waals surface area contributed by atoms with Crippen molar-refractivity contribution in [1.29, 1.82) is 0 Å². The van der Waals surface area contributed by atoms with Crippen LogP contribution in [0.3, 0.4) is 0 Å². The number of benzene rings is 3. The molecule has 4 rings (SSSR count). The molecular weight excluding hydrogens is 612 g/mol. The minimum atomic E-state index is -2.23. The molecule has 11 N–H and O–H groups in total. The van der Waals surface area contributed by atoms with Crippen LogP contribution in [0.25, 0.3) is 0 Å². The third-order valence-corrected chi connectivity index (χ3v) is 6.42. The summed E-state index contributed by atoms with van der Waals surface area (Å²) < 4.78 is 20.5. The van der Waals surface area contributed by atoms with E-state index >= 15 is 0 Å². The molecular formula is C27H24O18. The zero-order chi connectivity index (χ0) is 33.3. The van der Waals surface area contributed by atoms with Crippen molar-refractivity contribution >= 4 is 17.9 Å². The molecule has 0 bridgehead atoms. The molecule has 1 heterocycles. The van der Waals surface area contributed by atoms with Gasteiger partial charge in [-0.2, -0.15) is 0 Å². The summed E-state index contributed by atoms with van der Waals surface area (Å²) in [4.78, 5) is 38.2. The average Bonchev–Trinajstić information content (AvgIpc) is 2.98. The third kappa shape index (κ3) is 6.56. The maximum atomic E-state index is 12.9. The van der Waals surface area contributed by atoms with Crippen LogP contribution in [0.5, 0.6) is 51.7 Å². The minimum Gasteiger partial charge on any atom is -0.504 e. The lowest BCUT2D eigenvalue weighted by molar-refractivity contribution is -0.284. The number of carbonyl (C=O) groups excluding carboxylic acids is 3. The van der Waals surface area contributed by atoms with Crippen LogP contribution in [0.1, 0.15) is 31.1 Å². The van der Waals surface area contributed by atoms with Gasteiger partial charge in [-0.1, -0.05) is 0 Å². The van der Waals surface area contributed by atoms with E-state index in [0.717, 1.165) is 12.1 Å². The van der Waals surface area contributed by atoms with Gasteiger partial charge in [0.05, 0.1) is 16.7 Å². The summed E-state index contributed by atoms with van der Waals surface area (Å²) in [5.41, 5.74) is -1.64. The number of aliphatic hydroxyl groups excluding tert-OH is 2. The van der Waals surface area contributed by atoms with Crippen molar-refractivity contribution in [3.63, 3.8) is 0 Å². The number of phenols is 9. The predicted molar refractivity (Wildman–Crippen MR) is 140 cm³/mol. The number of phenolic OH excluding ortho intramolecular Hbond substituents is 9. The molecule has 0 aromatic heterocycles. The molecule has 18 heteroatoms. The van der Waals surface area contributed by atoms with Crippen molar-refractivity contribution in [1.82, 2.24) is 0 Å². The summed E-state index contributed by atoms with van der Waals surface area (Å²) in [5.74, 6) is -12.4. The number of rotatable bonds is 7. The molecule has 0 aliphatic carbocycles. The van der Waals surface area contributed by atoms with Crippen molar-refractivity contribution < 1.29 is 89.5 Å². The number of hydrogen-bond acceptors (Lipinski definition) is 18. The molecule has 45 heavy (non-hydrogen) atoms. The van der Waals surface area contributed by atoms with Crippen LogP contribution < -0.4 is 0 Å². The highest BCUT2D eigenvalue weighted by atomic mass is 16.7. The van der Waals surface area contributed by atoms with E-state index in [1.54, 1.807) is 0 Å². The molecule has 1 fully saturated rings. The Hall–Kier alpha value is -5.85. The summed E-state index contributed by atoms with van der Waals surface area (Å²) in [6.45, 7) is -0.894. The highest BCUT2D eigenvalue weighted by molar-refractivity contribution is 5.92. The van der Waals surface area contributed by atoms with Crippen LogP contribution >= 0.6 is 0 Å². The number of ether oxygens (including phenoxy) is 4. The molecule has 18 nitrogen and oxygen atoms in total. The normalized spacial score (nSPS) is 21.1. The fourth-order valence-corrected chi connectivity index (χ4v) is 4.10. The molecule has 1 aliphatic heterocycles. The summed E-state index contributed by atoms with van der Waals surface area (Å²) in [6.07, 6.45) is -10.2. The maximum Gasteiger partial charge on any atom is 0.339 e.